The Morgan fingerprint density at radius 1 is 1.36 bits per heavy atom. The lowest BCUT2D eigenvalue weighted by Crippen LogP contribution is -2.64. The highest BCUT2D eigenvalue weighted by Crippen LogP contribution is 2.40. The normalized spacial score (nSPS) is 31.3. The molecule has 7 nitrogen and oxygen atoms in total. The summed E-state index contributed by atoms with van der Waals surface area (Å²) in [6.45, 7) is 3.56. The van der Waals surface area contributed by atoms with Gasteiger partial charge in [-0.2, -0.15) is 4.98 Å². The monoisotopic (exact) mass is 308 g/mol. The van der Waals surface area contributed by atoms with Gasteiger partial charge in [-0.3, -0.25) is 0 Å². The molecular weight excluding hydrogens is 284 g/mol. The quantitative estimate of drug-likeness (QED) is 0.728. The Hall–Kier alpha value is -1.44. The minimum Gasteiger partial charge on any atom is -0.387 e. The van der Waals surface area contributed by atoms with Crippen LogP contribution in [0.1, 0.15) is 26.2 Å². The van der Waals surface area contributed by atoms with E-state index in [1.54, 1.807) is 13.1 Å². The fourth-order valence-corrected chi connectivity index (χ4v) is 3.39. The number of aliphatic hydroxyl groups excluding tert-OH is 1. The van der Waals surface area contributed by atoms with Gasteiger partial charge in [0.05, 0.1) is 12.2 Å². The molecule has 3 rings (SSSR count). The molecule has 1 aromatic rings. The predicted molar refractivity (Wildman–Crippen MR) is 83.0 cm³/mol. The number of aliphatic hydroxyl groups is 2. The van der Waals surface area contributed by atoms with Crippen molar-refractivity contribution in [3.8, 4) is 0 Å². The van der Waals surface area contributed by atoms with Crippen molar-refractivity contribution in [2.45, 2.75) is 43.5 Å². The van der Waals surface area contributed by atoms with E-state index >= 15 is 0 Å². The van der Waals surface area contributed by atoms with E-state index in [1.807, 2.05) is 13.1 Å². The first-order valence-corrected chi connectivity index (χ1v) is 7.77. The molecule has 0 bridgehead atoms. The van der Waals surface area contributed by atoms with Crippen LogP contribution < -0.4 is 10.2 Å². The second-order valence-corrected chi connectivity index (χ2v) is 6.40. The van der Waals surface area contributed by atoms with E-state index in [-0.39, 0.29) is 0 Å². The Bertz CT molecular complexity index is 529. The number of rotatable bonds is 2. The van der Waals surface area contributed by atoms with Gasteiger partial charge in [-0.05, 0) is 25.8 Å². The zero-order chi connectivity index (χ0) is 15.8. The lowest BCUT2D eigenvalue weighted by Gasteiger charge is -2.51. The number of aromatic nitrogens is 2. The predicted octanol–water partition coefficient (Wildman–Crippen LogP) is 0.389. The molecule has 3 N–H and O–H groups in total. The molecule has 7 heteroatoms. The van der Waals surface area contributed by atoms with Gasteiger partial charge < -0.3 is 25.2 Å². The second-order valence-electron chi connectivity index (χ2n) is 6.40. The molecule has 0 aromatic carbocycles. The van der Waals surface area contributed by atoms with Crippen molar-refractivity contribution in [2.75, 3.05) is 37.0 Å². The molecule has 0 saturated carbocycles. The van der Waals surface area contributed by atoms with Gasteiger partial charge in [0.2, 0.25) is 5.95 Å². The van der Waals surface area contributed by atoms with Gasteiger partial charge in [0, 0.05) is 32.8 Å². The topological polar surface area (TPSA) is 90.7 Å². The van der Waals surface area contributed by atoms with Crippen LogP contribution in [-0.2, 0) is 4.74 Å². The standard InChI is InChI=1S/C15H24N4O3/c1-14(21)6-10-22-15(12(14)20)4-8-19(9-5-15)13-17-7-3-11(16-2)18-13/h3,7,12,20-21H,4-6,8-10H2,1-2H3,(H,16,17,18)/t12-,14+/m0/s1. The maximum atomic E-state index is 10.5. The van der Waals surface area contributed by atoms with Crippen LogP contribution in [0.15, 0.2) is 12.3 Å². The molecule has 22 heavy (non-hydrogen) atoms. The highest BCUT2D eigenvalue weighted by Gasteiger charge is 2.52. The molecule has 2 aliphatic rings. The van der Waals surface area contributed by atoms with Crippen molar-refractivity contribution in [3.63, 3.8) is 0 Å². The number of nitrogens with zero attached hydrogens (tertiary/aromatic N) is 3. The number of anilines is 2. The third-order valence-corrected chi connectivity index (χ3v) is 4.88. The maximum absolute atomic E-state index is 10.5. The van der Waals surface area contributed by atoms with Crippen LogP contribution in [0.3, 0.4) is 0 Å². The Morgan fingerprint density at radius 2 is 2.09 bits per heavy atom. The largest absolute Gasteiger partial charge is 0.387 e. The van der Waals surface area contributed by atoms with Crippen LogP contribution in [0.5, 0.6) is 0 Å². The number of ether oxygens (including phenoxy) is 1. The number of nitrogens with one attached hydrogen (secondary N) is 1. The zero-order valence-corrected chi connectivity index (χ0v) is 13.1. The van der Waals surface area contributed by atoms with Gasteiger partial charge in [0.25, 0.3) is 0 Å². The molecule has 0 unspecified atom stereocenters. The van der Waals surface area contributed by atoms with E-state index in [0.717, 1.165) is 5.82 Å². The van der Waals surface area contributed by atoms with Crippen LogP contribution in [0.25, 0.3) is 0 Å². The lowest BCUT2D eigenvalue weighted by molar-refractivity contribution is -0.239. The average Bonchev–Trinajstić information content (AvgIpc) is 2.53. The lowest BCUT2D eigenvalue weighted by atomic mass is 9.75. The minimum absolute atomic E-state index is 0.465. The first kappa shape index (κ1) is 15.5. The number of hydrogen-bond donors (Lipinski definition) is 3. The average molecular weight is 308 g/mol. The number of piperidine rings is 1. The molecule has 2 atom stereocenters. The summed E-state index contributed by atoms with van der Waals surface area (Å²) in [6, 6.07) is 1.82. The third-order valence-electron chi connectivity index (χ3n) is 4.88. The highest BCUT2D eigenvalue weighted by molar-refractivity contribution is 5.41. The molecule has 1 spiro atoms. The van der Waals surface area contributed by atoms with E-state index in [9.17, 15) is 10.2 Å². The molecular formula is C15H24N4O3. The van der Waals surface area contributed by atoms with Crippen LogP contribution in [0, 0.1) is 0 Å². The molecule has 1 aromatic heterocycles. The van der Waals surface area contributed by atoms with Gasteiger partial charge in [-0.15, -0.1) is 0 Å². The molecule has 3 heterocycles. The second kappa shape index (κ2) is 5.64. The van der Waals surface area contributed by atoms with Gasteiger partial charge in [-0.25, -0.2) is 4.98 Å². The molecule has 0 aliphatic carbocycles. The zero-order valence-electron chi connectivity index (χ0n) is 13.1. The molecule has 2 saturated heterocycles. The third kappa shape index (κ3) is 2.64. The van der Waals surface area contributed by atoms with E-state index in [0.29, 0.717) is 44.9 Å². The van der Waals surface area contributed by atoms with Gasteiger partial charge in [0.15, 0.2) is 0 Å². The molecule has 0 amide bonds. The molecule has 0 radical (unpaired) electrons. The molecule has 122 valence electrons. The van der Waals surface area contributed by atoms with Crippen molar-refractivity contribution >= 4 is 11.8 Å². The Balaban J connectivity index is 1.72. The summed E-state index contributed by atoms with van der Waals surface area (Å²) >= 11 is 0. The fourth-order valence-electron chi connectivity index (χ4n) is 3.39. The summed E-state index contributed by atoms with van der Waals surface area (Å²) < 4.78 is 5.89. The number of hydrogen-bond acceptors (Lipinski definition) is 7. The first-order chi connectivity index (χ1) is 10.5. The van der Waals surface area contributed by atoms with Gasteiger partial charge in [0.1, 0.15) is 17.5 Å². The first-order valence-electron chi connectivity index (χ1n) is 7.77. The summed E-state index contributed by atoms with van der Waals surface area (Å²) in [5.41, 5.74) is -1.73. The minimum atomic E-state index is -1.08. The summed E-state index contributed by atoms with van der Waals surface area (Å²) in [7, 11) is 1.83. The van der Waals surface area contributed by atoms with Crippen molar-refractivity contribution in [3.05, 3.63) is 12.3 Å². The van der Waals surface area contributed by atoms with E-state index in [4.69, 9.17) is 4.74 Å². The Labute approximate surface area is 130 Å². The summed E-state index contributed by atoms with van der Waals surface area (Å²) in [4.78, 5) is 10.9. The van der Waals surface area contributed by atoms with Crippen LogP contribution >= 0.6 is 0 Å². The van der Waals surface area contributed by atoms with Crippen molar-refractivity contribution in [1.29, 1.82) is 0 Å². The Kier molecular flexibility index (Phi) is 3.96. The fraction of sp³-hybridized carbons (Fsp3) is 0.733. The van der Waals surface area contributed by atoms with E-state index in [2.05, 4.69) is 20.2 Å². The Morgan fingerprint density at radius 3 is 2.77 bits per heavy atom. The van der Waals surface area contributed by atoms with Gasteiger partial charge >= 0.3 is 0 Å². The smallest absolute Gasteiger partial charge is 0.227 e. The summed E-state index contributed by atoms with van der Waals surface area (Å²) in [5.74, 6) is 1.46. The van der Waals surface area contributed by atoms with Crippen molar-refractivity contribution in [2.24, 2.45) is 0 Å². The van der Waals surface area contributed by atoms with E-state index in [1.165, 1.54) is 0 Å². The maximum Gasteiger partial charge on any atom is 0.227 e. The van der Waals surface area contributed by atoms with Crippen molar-refractivity contribution < 1.29 is 14.9 Å². The van der Waals surface area contributed by atoms with Crippen LogP contribution in [0.4, 0.5) is 11.8 Å². The van der Waals surface area contributed by atoms with E-state index < -0.39 is 17.3 Å². The molecule has 2 fully saturated rings. The SMILES string of the molecule is CNc1ccnc(N2CCC3(CC2)OCC[C@@](C)(O)[C@@H]3O)n1. The molecule has 2 aliphatic heterocycles. The van der Waals surface area contributed by atoms with Crippen LogP contribution in [0.2, 0.25) is 0 Å². The van der Waals surface area contributed by atoms with Crippen molar-refractivity contribution in [1.82, 2.24) is 9.97 Å². The summed E-state index contributed by atoms with van der Waals surface area (Å²) in [5, 5.41) is 23.9. The van der Waals surface area contributed by atoms with Gasteiger partial charge in [-0.1, -0.05) is 0 Å². The van der Waals surface area contributed by atoms with Crippen LogP contribution in [-0.4, -0.2) is 64.2 Å². The summed E-state index contributed by atoms with van der Waals surface area (Å²) in [6.07, 6.45) is 2.64. The highest BCUT2D eigenvalue weighted by atomic mass is 16.5.